The Morgan fingerprint density at radius 3 is 2.44 bits per heavy atom. The summed E-state index contributed by atoms with van der Waals surface area (Å²) in [5, 5.41) is 3.64. The van der Waals surface area contributed by atoms with E-state index in [2.05, 4.69) is 5.32 Å². The van der Waals surface area contributed by atoms with Gasteiger partial charge in [0.05, 0.1) is 20.3 Å². The quantitative estimate of drug-likeness (QED) is 0.820. The van der Waals surface area contributed by atoms with Crippen molar-refractivity contribution >= 4 is 17.5 Å². The number of carbonyl (C=O) groups excluding carboxylic acids is 1. The van der Waals surface area contributed by atoms with Crippen LogP contribution >= 0.6 is 11.6 Å². The fourth-order valence-corrected chi connectivity index (χ4v) is 2.78. The molecule has 2 aromatic rings. The van der Waals surface area contributed by atoms with Crippen LogP contribution in [0.5, 0.6) is 11.5 Å². The van der Waals surface area contributed by atoms with Crippen molar-refractivity contribution in [2.24, 2.45) is 0 Å². The molecule has 6 heteroatoms. The van der Waals surface area contributed by atoms with Gasteiger partial charge in [0, 0.05) is 17.1 Å². The molecule has 2 aromatic carbocycles. The molecular weight excluding hydrogens is 340 g/mol. The zero-order valence-corrected chi connectivity index (χ0v) is 15.6. The van der Waals surface area contributed by atoms with E-state index in [1.807, 2.05) is 43.3 Å². The lowest BCUT2D eigenvalue weighted by Gasteiger charge is -2.25. The van der Waals surface area contributed by atoms with Crippen molar-refractivity contribution in [3.63, 3.8) is 0 Å². The summed E-state index contributed by atoms with van der Waals surface area (Å²) in [6, 6.07) is 12.8. The van der Waals surface area contributed by atoms with E-state index >= 15 is 0 Å². The Kier molecular flexibility index (Phi) is 6.67. The van der Waals surface area contributed by atoms with Crippen LogP contribution in [-0.4, -0.2) is 45.7 Å². The van der Waals surface area contributed by atoms with Crippen LogP contribution in [0, 0.1) is 0 Å². The molecular formula is C19H23ClN2O3. The summed E-state index contributed by atoms with van der Waals surface area (Å²) < 4.78 is 10.4. The zero-order valence-electron chi connectivity index (χ0n) is 14.9. The molecule has 2 rings (SSSR count). The minimum Gasteiger partial charge on any atom is -0.493 e. The molecule has 0 heterocycles. The second kappa shape index (κ2) is 8.74. The Morgan fingerprint density at radius 2 is 1.84 bits per heavy atom. The van der Waals surface area contributed by atoms with E-state index in [-0.39, 0.29) is 11.9 Å². The van der Waals surface area contributed by atoms with Crippen LogP contribution in [0.2, 0.25) is 5.02 Å². The van der Waals surface area contributed by atoms with Crippen LogP contribution in [0.25, 0.3) is 0 Å². The largest absolute Gasteiger partial charge is 0.493 e. The number of halogens is 1. The summed E-state index contributed by atoms with van der Waals surface area (Å²) in [6.45, 7) is 0.459. The fourth-order valence-electron chi connectivity index (χ4n) is 2.58. The molecule has 0 aliphatic heterocycles. The SMILES string of the molecule is COc1ccc(C(=O)NCC(c2cccc(Cl)c2)N(C)C)cc1OC. The first-order valence-corrected chi connectivity index (χ1v) is 8.26. The predicted molar refractivity (Wildman–Crippen MR) is 99.8 cm³/mol. The normalized spacial score (nSPS) is 11.9. The summed E-state index contributed by atoms with van der Waals surface area (Å²) in [4.78, 5) is 14.5. The highest BCUT2D eigenvalue weighted by atomic mass is 35.5. The van der Waals surface area contributed by atoms with Gasteiger partial charge < -0.3 is 19.7 Å². The Balaban J connectivity index is 2.11. The third-order valence-corrected chi connectivity index (χ3v) is 4.19. The topological polar surface area (TPSA) is 50.8 Å². The van der Waals surface area contributed by atoms with Crippen molar-refractivity contribution in [2.75, 3.05) is 34.9 Å². The number of methoxy groups -OCH3 is 2. The number of nitrogens with zero attached hydrogens (tertiary/aromatic N) is 1. The number of amides is 1. The molecule has 0 aromatic heterocycles. The lowest BCUT2D eigenvalue weighted by molar-refractivity contribution is 0.0941. The highest BCUT2D eigenvalue weighted by Gasteiger charge is 2.17. The van der Waals surface area contributed by atoms with Crippen LogP contribution in [0.1, 0.15) is 22.0 Å². The number of carbonyl (C=O) groups is 1. The highest BCUT2D eigenvalue weighted by molar-refractivity contribution is 6.30. The first-order chi connectivity index (χ1) is 12.0. The molecule has 1 N–H and O–H groups in total. The Bertz CT molecular complexity index is 734. The molecule has 1 unspecified atom stereocenters. The average molecular weight is 363 g/mol. The van der Waals surface area contributed by atoms with Crippen LogP contribution < -0.4 is 14.8 Å². The van der Waals surface area contributed by atoms with E-state index in [9.17, 15) is 4.79 Å². The van der Waals surface area contributed by atoms with Gasteiger partial charge in [-0.2, -0.15) is 0 Å². The Labute approximate surface area is 153 Å². The van der Waals surface area contributed by atoms with Crippen molar-refractivity contribution in [1.82, 2.24) is 10.2 Å². The van der Waals surface area contributed by atoms with Crippen LogP contribution in [0.4, 0.5) is 0 Å². The van der Waals surface area contributed by atoms with E-state index in [1.165, 1.54) is 0 Å². The van der Waals surface area contributed by atoms with Crippen LogP contribution in [0.15, 0.2) is 42.5 Å². The fraction of sp³-hybridized carbons (Fsp3) is 0.316. The Morgan fingerprint density at radius 1 is 1.12 bits per heavy atom. The van der Waals surface area contributed by atoms with Crippen molar-refractivity contribution in [3.8, 4) is 11.5 Å². The summed E-state index contributed by atoms with van der Waals surface area (Å²) in [6.07, 6.45) is 0. The summed E-state index contributed by atoms with van der Waals surface area (Å²) in [5.41, 5.74) is 1.56. The molecule has 1 atom stereocenters. The number of ether oxygens (including phenoxy) is 2. The molecule has 0 saturated carbocycles. The van der Waals surface area contributed by atoms with Gasteiger partial charge in [-0.15, -0.1) is 0 Å². The third kappa shape index (κ3) is 4.87. The lowest BCUT2D eigenvalue weighted by atomic mass is 10.1. The second-order valence-electron chi connectivity index (χ2n) is 5.81. The van der Waals surface area contributed by atoms with Crippen molar-refractivity contribution in [1.29, 1.82) is 0 Å². The number of benzene rings is 2. The molecule has 0 saturated heterocycles. The van der Waals surface area contributed by atoms with Gasteiger partial charge in [0.25, 0.3) is 5.91 Å². The maximum atomic E-state index is 12.5. The zero-order chi connectivity index (χ0) is 18.4. The molecule has 1 amide bonds. The van der Waals surface area contributed by atoms with E-state index in [4.69, 9.17) is 21.1 Å². The molecule has 0 bridgehead atoms. The molecule has 0 spiro atoms. The van der Waals surface area contributed by atoms with E-state index < -0.39 is 0 Å². The van der Waals surface area contributed by atoms with E-state index in [0.29, 0.717) is 28.6 Å². The molecule has 5 nitrogen and oxygen atoms in total. The molecule has 0 fully saturated rings. The number of nitrogens with one attached hydrogen (secondary N) is 1. The predicted octanol–water partition coefficient (Wildman–Crippen LogP) is 3.39. The van der Waals surface area contributed by atoms with Crippen molar-refractivity contribution in [3.05, 3.63) is 58.6 Å². The smallest absolute Gasteiger partial charge is 0.251 e. The van der Waals surface area contributed by atoms with Gasteiger partial charge in [-0.3, -0.25) is 4.79 Å². The molecule has 0 aliphatic rings. The molecule has 134 valence electrons. The minimum atomic E-state index is -0.171. The third-order valence-electron chi connectivity index (χ3n) is 3.96. The van der Waals surface area contributed by atoms with Crippen molar-refractivity contribution < 1.29 is 14.3 Å². The number of rotatable bonds is 7. The second-order valence-corrected chi connectivity index (χ2v) is 6.25. The van der Waals surface area contributed by atoms with Crippen LogP contribution in [0.3, 0.4) is 0 Å². The summed E-state index contributed by atoms with van der Waals surface area (Å²) in [5.74, 6) is 0.938. The van der Waals surface area contributed by atoms with Gasteiger partial charge in [-0.1, -0.05) is 23.7 Å². The number of hydrogen-bond acceptors (Lipinski definition) is 4. The van der Waals surface area contributed by atoms with Crippen molar-refractivity contribution in [2.45, 2.75) is 6.04 Å². The van der Waals surface area contributed by atoms with Gasteiger partial charge in [-0.05, 0) is 50.0 Å². The van der Waals surface area contributed by atoms with Gasteiger partial charge >= 0.3 is 0 Å². The standard InChI is InChI=1S/C19H23ClN2O3/c1-22(2)16(13-6-5-7-15(20)10-13)12-21-19(23)14-8-9-17(24-3)18(11-14)25-4/h5-11,16H,12H2,1-4H3,(H,21,23). The lowest BCUT2D eigenvalue weighted by Crippen LogP contribution is -2.34. The molecule has 25 heavy (non-hydrogen) atoms. The van der Waals surface area contributed by atoms with Gasteiger partial charge in [0.2, 0.25) is 0 Å². The average Bonchev–Trinajstić information content (AvgIpc) is 2.60. The first kappa shape index (κ1) is 19.1. The van der Waals surface area contributed by atoms with Gasteiger partial charge in [0.1, 0.15) is 0 Å². The van der Waals surface area contributed by atoms with Gasteiger partial charge in [0.15, 0.2) is 11.5 Å². The highest BCUT2D eigenvalue weighted by Crippen LogP contribution is 2.27. The van der Waals surface area contributed by atoms with E-state index in [0.717, 1.165) is 5.56 Å². The first-order valence-electron chi connectivity index (χ1n) is 7.88. The monoisotopic (exact) mass is 362 g/mol. The maximum absolute atomic E-state index is 12.5. The molecule has 0 radical (unpaired) electrons. The summed E-state index contributed by atoms with van der Waals surface area (Å²) >= 11 is 6.08. The molecule has 0 aliphatic carbocycles. The maximum Gasteiger partial charge on any atom is 0.251 e. The summed E-state index contributed by atoms with van der Waals surface area (Å²) in [7, 11) is 7.04. The van der Waals surface area contributed by atoms with E-state index in [1.54, 1.807) is 32.4 Å². The Hall–Kier alpha value is -2.24. The van der Waals surface area contributed by atoms with Crippen LogP contribution in [-0.2, 0) is 0 Å². The van der Waals surface area contributed by atoms with Gasteiger partial charge in [-0.25, -0.2) is 0 Å². The number of hydrogen-bond donors (Lipinski definition) is 1. The minimum absolute atomic E-state index is 0.0165. The number of likely N-dealkylation sites (N-methyl/N-ethyl adjacent to an activating group) is 1.